The van der Waals surface area contributed by atoms with Crippen LogP contribution in [0.4, 0.5) is 0 Å². The summed E-state index contributed by atoms with van der Waals surface area (Å²) < 4.78 is 8.65. The summed E-state index contributed by atoms with van der Waals surface area (Å²) in [6.07, 6.45) is 0. The minimum Gasteiger partial charge on any atom is -0.398 e. The highest BCUT2D eigenvalue weighted by molar-refractivity contribution is 7.02. The van der Waals surface area contributed by atoms with Crippen LogP contribution in [0.25, 0.3) is 0 Å². The maximum Gasteiger partial charge on any atom is 0.414 e. The highest BCUT2D eigenvalue weighted by Gasteiger charge is 2.19. The van der Waals surface area contributed by atoms with Gasteiger partial charge in [-0.3, -0.25) is 0 Å². The molecule has 0 radical (unpaired) electrons. The fraction of sp³-hybridized carbons (Fsp3) is 0.667. The van der Waals surface area contributed by atoms with Gasteiger partial charge in [-0.2, -0.15) is 4.37 Å². The summed E-state index contributed by atoms with van der Waals surface area (Å²) in [7, 11) is 0. The van der Waals surface area contributed by atoms with Crippen LogP contribution in [0.5, 0.6) is 0 Å². The molecular formula is C6H9NO2S. The standard InChI is InChI=1S/C6H9NO2S/c1-6(2,3)4-7-10-5(8)9-4/h1-3H3. The Labute approximate surface area is 62.9 Å². The molecule has 0 N–H and O–H groups in total. The number of hydrogen-bond donors (Lipinski definition) is 0. The van der Waals surface area contributed by atoms with E-state index >= 15 is 0 Å². The van der Waals surface area contributed by atoms with Crippen molar-refractivity contribution >= 4 is 11.5 Å². The maximum atomic E-state index is 10.5. The number of hydrogen-bond acceptors (Lipinski definition) is 4. The Morgan fingerprint density at radius 1 is 1.50 bits per heavy atom. The zero-order valence-electron chi connectivity index (χ0n) is 6.17. The second kappa shape index (κ2) is 2.20. The molecular weight excluding hydrogens is 150 g/mol. The van der Waals surface area contributed by atoms with E-state index in [0.29, 0.717) is 5.89 Å². The Hall–Kier alpha value is -0.640. The van der Waals surface area contributed by atoms with Crippen molar-refractivity contribution in [1.82, 2.24) is 4.37 Å². The predicted molar refractivity (Wildman–Crippen MR) is 39.4 cm³/mol. The van der Waals surface area contributed by atoms with E-state index in [4.69, 9.17) is 4.42 Å². The molecule has 1 aromatic heterocycles. The van der Waals surface area contributed by atoms with E-state index in [1.165, 1.54) is 0 Å². The van der Waals surface area contributed by atoms with Crippen molar-refractivity contribution < 1.29 is 4.42 Å². The topological polar surface area (TPSA) is 43.1 Å². The Morgan fingerprint density at radius 3 is 2.30 bits per heavy atom. The molecule has 56 valence electrons. The lowest BCUT2D eigenvalue weighted by atomic mass is 9.97. The number of rotatable bonds is 0. The largest absolute Gasteiger partial charge is 0.414 e. The van der Waals surface area contributed by atoms with Gasteiger partial charge in [0.2, 0.25) is 5.89 Å². The summed E-state index contributed by atoms with van der Waals surface area (Å²) in [6.45, 7) is 5.85. The highest BCUT2D eigenvalue weighted by atomic mass is 32.1. The summed E-state index contributed by atoms with van der Waals surface area (Å²) in [5.41, 5.74) is -0.154. The minimum atomic E-state index is -0.329. The molecule has 0 spiro atoms. The monoisotopic (exact) mass is 159 g/mol. The SMILES string of the molecule is CC(C)(C)c1nsc(=O)o1. The van der Waals surface area contributed by atoms with Crippen LogP contribution in [-0.4, -0.2) is 4.37 Å². The summed E-state index contributed by atoms with van der Waals surface area (Å²) in [5, 5.41) is 0. The molecule has 10 heavy (non-hydrogen) atoms. The van der Waals surface area contributed by atoms with Crippen molar-refractivity contribution in [2.75, 3.05) is 0 Å². The average Bonchev–Trinajstić information content (AvgIpc) is 2.11. The van der Waals surface area contributed by atoms with Crippen molar-refractivity contribution in [2.24, 2.45) is 0 Å². The van der Waals surface area contributed by atoms with Crippen molar-refractivity contribution in [3.63, 3.8) is 0 Å². The third kappa shape index (κ3) is 1.44. The summed E-state index contributed by atoms with van der Waals surface area (Å²) in [5.74, 6) is 0.516. The van der Waals surface area contributed by atoms with E-state index < -0.39 is 0 Å². The Bertz CT molecular complexity index is 268. The summed E-state index contributed by atoms with van der Waals surface area (Å²) in [6, 6.07) is 0. The molecule has 1 aromatic rings. The first-order valence-electron chi connectivity index (χ1n) is 2.97. The van der Waals surface area contributed by atoms with Gasteiger partial charge in [-0.05, 0) is 0 Å². The van der Waals surface area contributed by atoms with Crippen molar-refractivity contribution in [3.05, 3.63) is 15.6 Å². The molecule has 0 fully saturated rings. The summed E-state index contributed by atoms with van der Waals surface area (Å²) >= 11 is 0.859. The van der Waals surface area contributed by atoms with Crippen LogP contribution in [0.3, 0.4) is 0 Å². The molecule has 3 nitrogen and oxygen atoms in total. The second-order valence-corrected chi connectivity index (χ2v) is 3.79. The molecule has 0 atom stereocenters. The van der Waals surface area contributed by atoms with Gasteiger partial charge in [0.05, 0.1) is 0 Å². The number of aromatic nitrogens is 1. The van der Waals surface area contributed by atoms with E-state index in [2.05, 4.69) is 4.37 Å². The van der Waals surface area contributed by atoms with Gasteiger partial charge in [0, 0.05) is 16.9 Å². The lowest BCUT2D eigenvalue weighted by molar-refractivity contribution is 0.377. The van der Waals surface area contributed by atoms with Gasteiger partial charge in [0.1, 0.15) is 0 Å². The zero-order valence-corrected chi connectivity index (χ0v) is 6.99. The van der Waals surface area contributed by atoms with Crippen molar-refractivity contribution in [3.8, 4) is 0 Å². The Balaban J connectivity index is 3.07. The van der Waals surface area contributed by atoms with E-state index in [1.54, 1.807) is 0 Å². The fourth-order valence-corrected chi connectivity index (χ4v) is 1.07. The quantitative estimate of drug-likeness (QED) is 0.574. The molecule has 0 aliphatic heterocycles. The molecule has 0 bridgehead atoms. The lowest BCUT2D eigenvalue weighted by Gasteiger charge is -2.10. The van der Waals surface area contributed by atoms with Gasteiger partial charge < -0.3 is 4.42 Å². The van der Waals surface area contributed by atoms with Gasteiger partial charge in [-0.25, -0.2) is 4.79 Å². The van der Waals surface area contributed by atoms with Crippen LogP contribution in [0, 0.1) is 0 Å². The normalized spacial score (nSPS) is 11.9. The van der Waals surface area contributed by atoms with Crippen LogP contribution >= 0.6 is 11.5 Å². The summed E-state index contributed by atoms with van der Waals surface area (Å²) in [4.78, 5) is 10.2. The van der Waals surface area contributed by atoms with Gasteiger partial charge in [0.25, 0.3) is 0 Å². The molecule has 1 rings (SSSR count). The highest BCUT2D eigenvalue weighted by Crippen LogP contribution is 2.18. The van der Waals surface area contributed by atoms with Crippen LogP contribution in [0.1, 0.15) is 26.7 Å². The molecule has 0 saturated carbocycles. The zero-order chi connectivity index (χ0) is 7.78. The smallest absolute Gasteiger partial charge is 0.398 e. The first kappa shape index (κ1) is 7.47. The number of nitrogens with zero attached hydrogens (tertiary/aromatic N) is 1. The van der Waals surface area contributed by atoms with Gasteiger partial charge in [-0.1, -0.05) is 20.8 Å². The predicted octanol–water partition coefficient (Wildman–Crippen LogP) is 1.39. The Kier molecular flexibility index (Phi) is 1.64. The lowest BCUT2D eigenvalue weighted by Crippen LogP contribution is -2.11. The molecule has 0 saturated heterocycles. The maximum absolute atomic E-state index is 10.5. The van der Waals surface area contributed by atoms with E-state index in [1.807, 2.05) is 20.8 Å². The molecule has 0 amide bonds. The van der Waals surface area contributed by atoms with E-state index in [0.717, 1.165) is 11.5 Å². The molecule has 1 heterocycles. The van der Waals surface area contributed by atoms with E-state index in [9.17, 15) is 4.79 Å². The third-order valence-electron chi connectivity index (χ3n) is 1.02. The van der Waals surface area contributed by atoms with Crippen molar-refractivity contribution in [1.29, 1.82) is 0 Å². The first-order chi connectivity index (χ1) is 4.50. The van der Waals surface area contributed by atoms with Gasteiger partial charge in [-0.15, -0.1) is 0 Å². The van der Waals surface area contributed by atoms with Crippen LogP contribution in [0.2, 0.25) is 0 Å². The first-order valence-corrected chi connectivity index (χ1v) is 3.75. The van der Waals surface area contributed by atoms with Crippen LogP contribution < -0.4 is 4.94 Å². The van der Waals surface area contributed by atoms with Gasteiger partial charge in [0.15, 0.2) is 0 Å². The second-order valence-electron chi connectivity index (χ2n) is 3.09. The molecule has 0 aromatic carbocycles. The van der Waals surface area contributed by atoms with Gasteiger partial charge >= 0.3 is 4.94 Å². The van der Waals surface area contributed by atoms with Crippen LogP contribution in [-0.2, 0) is 5.41 Å². The van der Waals surface area contributed by atoms with Crippen LogP contribution in [0.15, 0.2) is 9.21 Å². The van der Waals surface area contributed by atoms with E-state index in [-0.39, 0.29) is 10.4 Å². The van der Waals surface area contributed by atoms with Crippen molar-refractivity contribution in [2.45, 2.75) is 26.2 Å². The fourth-order valence-electron chi connectivity index (χ4n) is 0.485. The molecule has 0 aliphatic rings. The molecule has 0 unspecified atom stereocenters. The third-order valence-corrected chi connectivity index (χ3v) is 1.51. The Morgan fingerprint density at radius 2 is 2.10 bits per heavy atom. The minimum absolute atomic E-state index is 0.154. The average molecular weight is 159 g/mol. The molecule has 0 aliphatic carbocycles. The molecule has 4 heteroatoms.